The normalized spacial score (nSPS) is 36.0. The number of nitrogens with one attached hydrogen (secondary N) is 5. The number of rotatable bonds is 21. The van der Waals surface area contributed by atoms with Crippen molar-refractivity contribution in [3.05, 3.63) is 72.4 Å². The molecule has 30 nitrogen and oxygen atoms in total. The second kappa shape index (κ2) is 36.1. The summed E-state index contributed by atoms with van der Waals surface area (Å²) in [6, 6.07) is 7.80. The van der Waals surface area contributed by atoms with E-state index in [0.29, 0.717) is 123 Å². The second-order valence-corrected chi connectivity index (χ2v) is 31.3. The molecule has 14 aliphatic heterocycles. The van der Waals surface area contributed by atoms with E-state index in [1.54, 1.807) is 36.3 Å². The SMILES string of the molecule is C=C1C[C@@H]2CC[C@@]34C[C@H]5OC6C(O[C@H]7CC[C@H](CC(=O)C[C@@H]8[C@@H](OC)[C@@H](C[C@H](O)CNC(=O)CNC(=O)[C@H](Cc9ccccc9)NC(=O)CNC(=O)CNC(=O)CCN9CCN%10CCOCCN(CC9)CCN(C(=O)CCN9C(=O)C=CC9=O)CC%10)O[C@H]8C[C@H]8O[C@@H](CC[C@@H]1O2)C[C@@H](C)C8=C)O[C@@H]7[C@@H]6O3)[C@H]5O4. The number of methoxy groups -OCH3 is 1. The average Bonchev–Trinajstić information content (AvgIpc) is 1.55. The highest BCUT2D eigenvalue weighted by Gasteiger charge is 2.69. The van der Waals surface area contributed by atoms with Gasteiger partial charge in [-0.15, -0.1) is 0 Å². The number of carbonyl (C=O) groups excluding carboxylic acids is 9. The highest BCUT2D eigenvalue weighted by molar-refractivity contribution is 6.13. The fraction of sp³-hybridized carbons (Fsp3) is 0.727. The van der Waals surface area contributed by atoms with E-state index < -0.39 is 116 Å². The molecule has 13 fully saturated rings. The van der Waals surface area contributed by atoms with Crippen molar-refractivity contribution in [2.75, 3.05) is 125 Å². The summed E-state index contributed by atoms with van der Waals surface area (Å²) in [5.41, 5.74) is 2.74. The maximum Gasteiger partial charge on any atom is 0.253 e. The number of hydrogen-bond donors (Lipinski definition) is 6. The van der Waals surface area contributed by atoms with Crippen molar-refractivity contribution >= 4 is 53.0 Å². The summed E-state index contributed by atoms with van der Waals surface area (Å²) in [6.07, 6.45) is 3.47. The molecule has 1 spiro atoms. The number of nitrogens with zero attached hydrogens (tertiary/aromatic N) is 5. The zero-order valence-corrected chi connectivity index (χ0v) is 61.9. The van der Waals surface area contributed by atoms with Crippen LogP contribution >= 0.6 is 0 Å². The van der Waals surface area contributed by atoms with Crippen LogP contribution in [0.25, 0.3) is 0 Å². The van der Waals surface area contributed by atoms with Gasteiger partial charge in [-0.25, -0.2) is 0 Å². The molecule has 6 N–H and O–H groups in total. The number of imide groups is 1. The number of fused-ring (bicyclic) bond motifs is 18. The molecule has 15 rings (SSSR count). The summed E-state index contributed by atoms with van der Waals surface area (Å²) in [5.74, 6) is -5.10. The van der Waals surface area contributed by atoms with Crippen LogP contribution in [0.15, 0.2) is 66.8 Å². The number of amides is 8. The molecular weight excluding hydrogens is 1380 g/mol. The van der Waals surface area contributed by atoms with Gasteiger partial charge in [0, 0.05) is 168 Å². The lowest BCUT2D eigenvalue weighted by atomic mass is 9.81. The Morgan fingerprint density at radius 2 is 1.29 bits per heavy atom. The molecule has 4 unspecified atom stereocenters. The van der Waals surface area contributed by atoms with Crippen molar-refractivity contribution in [1.82, 2.24) is 51.1 Å². The van der Waals surface area contributed by atoms with E-state index in [-0.39, 0.29) is 130 Å². The average molecular weight is 1500 g/mol. The Morgan fingerprint density at radius 3 is 2.05 bits per heavy atom. The highest BCUT2D eigenvalue weighted by Crippen LogP contribution is 2.55. The Bertz CT molecular complexity index is 3370. The minimum atomic E-state index is -1.17. The largest absolute Gasteiger partial charge is 0.391 e. The molecule has 30 heteroatoms. The minimum Gasteiger partial charge on any atom is -0.391 e. The van der Waals surface area contributed by atoms with Gasteiger partial charge in [0.25, 0.3) is 11.8 Å². The van der Waals surface area contributed by atoms with Gasteiger partial charge in [-0.05, 0) is 67.6 Å². The number of carbonyl (C=O) groups is 9. The van der Waals surface area contributed by atoms with E-state index >= 15 is 0 Å². The topological polar surface area (TPSA) is 343 Å². The van der Waals surface area contributed by atoms with E-state index in [2.05, 4.69) is 61.4 Å². The molecule has 0 radical (unpaired) electrons. The van der Waals surface area contributed by atoms with Crippen molar-refractivity contribution in [3.63, 3.8) is 0 Å². The van der Waals surface area contributed by atoms with Gasteiger partial charge in [0.05, 0.1) is 100.0 Å². The summed E-state index contributed by atoms with van der Waals surface area (Å²) >= 11 is 0. The molecule has 0 aliphatic carbocycles. The van der Waals surface area contributed by atoms with E-state index in [1.165, 1.54) is 12.2 Å². The Kier molecular flexibility index (Phi) is 26.5. The molecule has 107 heavy (non-hydrogen) atoms. The van der Waals surface area contributed by atoms with E-state index in [4.69, 9.17) is 47.4 Å². The summed E-state index contributed by atoms with van der Waals surface area (Å²) in [5, 5.41) is 24.8. The lowest BCUT2D eigenvalue weighted by molar-refractivity contribution is -0.292. The van der Waals surface area contributed by atoms with E-state index in [0.717, 1.165) is 48.2 Å². The second-order valence-electron chi connectivity index (χ2n) is 31.3. The van der Waals surface area contributed by atoms with Gasteiger partial charge in [-0.3, -0.25) is 57.9 Å². The zero-order chi connectivity index (χ0) is 74.9. The van der Waals surface area contributed by atoms with Crippen LogP contribution < -0.4 is 26.6 Å². The first-order valence-electron chi connectivity index (χ1n) is 39.0. The maximum atomic E-state index is 14.6. The molecular formula is C77H110N10O20. The number of aliphatic hydroxyl groups excluding tert-OH is 1. The number of hydrogen-bond acceptors (Lipinski definition) is 23. The van der Waals surface area contributed by atoms with Crippen LogP contribution in [0.1, 0.15) is 109 Å². The summed E-state index contributed by atoms with van der Waals surface area (Å²) in [4.78, 5) is 129. The van der Waals surface area contributed by atoms with Gasteiger partial charge in [-0.2, -0.15) is 0 Å². The Balaban J connectivity index is 0.568. The number of Topliss-reactive ketones (excluding diaryl/α,β-unsaturated/α-hetero) is 1. The number of aliphatic hydroxyl groups is 1. The van der Waals surface area contributed by atoms with Crippen molar-refractivity contribution < 1.29 is 95.6 Å². The van der Waals surface area contributed by atoms with Crippen LogP contribution in [0.4, 0.5) is 0 Å². The van der Waals surface area contributed by atoms with Crippen LogP contribution in [-0.2, 0) is 96.9 Å². The lowest BCUT2D eigenvalue weighted by Crippen LogP contribution is -2.61. The summed E-state index contributed by atoms with van der Waals surface area (Å²) in [6.45, 7) is 16.9. The van der Waals surface area contributed by atoms with Crippen LogP contribution in [0.3, 0.4) is 0 Å². The fourth-order valence-electron chi connectivity index (χ4n) is 17.9. The van der Waals surface area contributed by atoms with E-state index in [9.17, 15) is 48.3 Å². The van der Waals surface area contributed by atoms with Crippen LogP contribution in [0.5, 0.6) is 0 Å². The molecule has 0 saturated carbocycles. The molecule has 22 atom stereocenters. The predicted molar refractivity (Wildman–Crippen MR) is 383 cm³/mol. The van der Waals surface area contributed by atoms with Crippen molar-refractivity contribution in [2.24, 2.45) is 11.8 Å². The number of ether oxygens (including phenoxy) is 10. The first-order chi connectivity index (χ1) is 51.7. The molecule has 14 aliphatic rings. The van der Waals surface area contributed by atoms with E-state index in [1.807, 2.05) is 6.07 Å². The van der Waals surface area contributed by atoms with Gasteiger partial charge in [-0.1, -0.05) is 50.4 Å². The van der Waals surface area contributed by atoms with Gasteiger partial charge >= 0.3 is 0 Å². The van der Waals surface area contributed by atoms with Gasteiger partial charge in [0.2, 0.25) is 35.4 Å². The quantitative estimate of drug-likeness (QED) is 0.0705. The Morgan fingerprint density at radius 1 is 0.626 bits per heavy atom. The van der Waals surface area contributed by atoms with Crippen LogP contribution in [-0.4, -0.2) is 317 Å². The molecule has 14 bridgehead atoms. The fourth-order valence-corrected chi connectivity index (χ4v) is 17.9. The van der Waals surface area contributed by atoms with Gasteiger partial charge in [0.15, 0.2) is 5.79 Å². The third-order valence-electron chi connectivity index (χ3n) is 23.9. The van der Waals surface area contributed by atoms with Crippen molar-refractivity contribution in [2.45, 2.75) is 219 Å². The predicted octanol–water partition coefficient (Wildman–Crippen LogP) is 0.155. The Hall–Kier alpha value is -6.49. The number of benzene rings is 1. The Labute approximate surface area is 625 Å². The third kappa shape index (κ3) is 20.0. The minimum absolute atomic E-state index is 0.0188. The first-order valence-corrected chi connectivity index (χ1v) is 39.0. The smallest absolute Gasteiger partial charge is 0.253 e. The monoisotopic (exact) mass is 1490 g/mol. The van der Waals surface area contributed by atoms with Crippen molar-refractivity contribution in [1.29, 1.82) is 0 Å². The molecule has 8 amide bonds. The number of ketones is 1. The van der Waals surface area contributed by atoms with Crippen molar-refractivity contribution in [3.8, 4) is 0 Å². The molecule has 0 aromatic heterocycles. The van der Waals surface area contributed by atoms with Crippen LogP contribution in [0, 0.1) is 11.8 Å². The lowest BCUT2D eigenvalue weighted by Gasteiger charge is -2.47. The highest BCUT2D eigenvalue weighted by atomic mass is 16.8. The molecule has 1 aromatic rings. The molecule has 13 saturated heterocycles. The standard InChI is InChI=1S/C77H110N10O20/c1-46-34-52-10-12-57-47(2)35-54(100-57)16-19-77-41-62-72(106-77)73-74(105-62)75(107-77)71-58(104-73)13-11-53(102-71)37-50(88)38-55-60(40-59(101-52)48(46)3)103-61(70(55)98-4)39-51(89)42-78-65(92)44-81-76(97)56(36-49-8-6-5-7-9-49)82-66(93)45-80-64(91)43-79-63(90)17-20-83-22-24-84-26-28-86(29-27-85(25-23-83)31-33-99-32-30-84)67(94)18-21-87-68(95)14-15-69(87)96/h5-9,14-15,46,51-62,70-75,89H,2-3,10-13,16-45H2,1,4H3,(H,78,92)(H,79,90)(H,80,91)(H,81,97)(H,82,93)/t46-,51+,52+,53-,54+,55+,56+,57+,58+,59-,60+,61-,62-,70-,71+,72+,73?,74?,75+,77+/m1/s1. The van der Waals surface area contributed by atoms with Gasteiger partial charge < -0.3 is 88.9 Å². The zero-order valence-electron chi connectivity index (χ0n) is 61.9. The van der Waals surface area contributed by atoms with Gasteiger partial charge in [0.1, 0.15) is 42.3 Å². The first kappa shape index (κ1) is 78.6. The maximum absolute atomic E-state index is 14.6. The van der Waals surface area contributed by atoms with Crippen LogP contribution in [0.2, 0.25) is 0 Å². The third-order valence-corrected chi connectivity index (χ3v) is 23.9. The summed E-state index contributed by atoms with van der Waals surface area (Å²) in [7, 11) is 1.57. The molecule has 588 valence electrons. The molecule has 14 heterocycles. The molecule has 1 aromatic carbocycles. The summed E-state index contributed by atoms with van der Waals surface area (Å²) < 4.78 is 66.9.